The minimum atomic E-state index is -0.573. The number of benzene rings is 1. The average molecular weight is 369 g/mol. The Labute approximate surface area is 155 Å². The number of likely N-dealkylation sites (tertiary alicyclic amines) is 1. The second kappa shape index (κ2) is 7.01. The number of thiazole rings is 1. The van der Waals surface area contributed by atoms with Crippen molar-refractivity contribution in [1.82, 2.24) is 15.0 Å². The van der Waals surface area contributed by atoms with Gasteiger partial charge in [0.05, 0.1) is 11.8 Å². The second-order valence-electron chi connectivity index (χ2n) is 6.58. The molecule has 1 amide bonds. The molecular formula is C19H19N3O3S. The minimum Gasteiger partial charge on any atom is -0.391 e. The van der Waals surface area contributed by atoms with Crippen LogP contribution in [0.1, 0.15) is 21.9 Å². The molecule has 0 aliphatic carbocycles. The Kier molecular flexibility index (Phi) is 4.57. The van der Waals surface area contributed by atoms with Crippen LogP contribution in [0.3, 0.4) is 0 Å². The van der Waals surface area contributed by atoms with E-state index in [0.717, 1.165) is 22.0 Å². The number of hydrogen-bond acceptors (Lipinski definition) is 6. The summed E-state index contributed by atoms with van der Waals surface area (Å²) in [6.07, 6.45) is -0.00503. The molecule has 0 radical (unpaired) electrons. The normalized spacial score (nSPS) is 19.8. The van der Waals surface area contributed by atoms with Crippen LogP contribution in [0.5, 0.6) is 0 Å². The van der Waals surface area contributed by atoms with Crippen molar-refractivity contribution in [3.63, 3.8) is 0 Å². The monoisotopic (exact) mass is 369 g/mol. The van der Waals surface area contributed by atoms with E-state index in [0.29, 0.717) is 25.2 Å². The van der Waals surface area contributed by atoms with Gasteiger partial charge in [-0.25, -0.2) is 4.98 Å². The van der Waals surface area contributed by atoms with Gasteiger partial charge < -0.3 is 14.5 Å². The van der Waals surface area contributed by atoms with Crippen LogP contribution < -0.4 is 0 Å². The molecule has 1 saturated heterocycles. The van der Waals surface area contributed by atoms with Gasteiger partial charge in [0.25, 0.3) is 5.91 Å². The van der Waals surface area contributed by atoms with Crippen LogP contribution in [-0.4, -0.2) is 45.2 Å². The molecule has 2 aromatic heterocycles. The second-order valence-corrected chi connectivity index (χ2v) is 7.44. The van der Waals surface area contributed by atoms with Crippen LogP contribution in [-0.2, 0) is 6.42 Å². The summed E-state index contributed by atoms with van der Waals surface area (Å²) in [5.74, 6) is 0.540. The lowest BCUT2D eigenvalue weighted by atomic mass is 10.0. The summed E-state index contributed by atoms with van der Waals surface area (Å²) < 4.78 is 5.23. The minimum absolute atomic E-state index is 0.0569. The van der Waals surface area contributed by atoms with Gasteiger partial charge in [0.15, 0.2) is 0 Å². The van der Waals surface area contributed by atoms with Gasteiger partial charge in [0.1, 0.15) is 16.5 Å². The van der Waals surface area contributed by atoms with Crippen molar-refractivity contribution < 1.29 is 14.4 Å². The van der Waals surface area contributed by atoms with Gasteiger partial charge >= 0.3 is 0 Å². The van der Waals surface area contributed by atoms with Crippen molar-refractivity contribution in [1.29, 1.82) is 0 Å². The average Bonchev–Trinajstić information content (AvgIpc) is 3.37. The number of aliphatic hydroxyl groups is 1. The maximum Gasteiger partial charge on any atom is 0.273 e. The molecule has 6 nitrogen and oxygen atoms in total. The van der Waals surface area contributed by atoms with E-state index in [4.69, 9.17) is 4.52 Å². The third-order valence-corrected chi connectivity index (χ3v) is 5.47. The molecule has 7 heteroatoms. The summed E-state index contributed by atoms with van der Waals surface area (Å²) >= 11 is 1.45. The number of rotatable bonds is 4. The molecule has 0 bridgehead atoms. The van der Waals surface area contributed by atoms with E-state index in [-0.39, 0.29) is 11.8 Å². The number of hydrogen-bond donors (Lipinski definition) is 1. The van der Waals surface area contributed by atoms with Crippen molar-refractivity contribution >= 4 is 17.2 Å². The number of amides is 1. The van der Waals surface area contributed by atoms with E-state index in [2.05, 4.69) is 10.1 Å². The fourth-order valence-corrected chi connectivity index (χ4v) is 4.04. The van der Waals surface area contributed by atoms with E-state index >= 15 is 0 Å². The quantitative estimate of drug-likeness (QED) is 0.765. The molecule has 134 valence electrons. The molecule has 0 saturated carbocycles. The van der Waals surface area contributed by atoms with E-state index in [1.54, 1.807) is 10.3 Å². The summed E-state index contributed by atoms with van der Waals surface area (Å²) in [5, 5.41) is 16.8. The molecule has 4 rings (SSSR count). The molecule has 3 heterocycles. The molecule has 3 aromatic rings. The maximum absolute atomic E-state index is 12.8. The molecule has 1 aromatic carbocycles. The highest BCUT2D eigenvalue weighted by atomic mass is 32.1. The largest absolute Gasteiger partial charge is 0.391 e. The molecule has 2 atom stereocenters. The summed E-state index contributed by atoms with van der Waals surface area (Å²) in [4.78, 5) is 18.9. The Morgan fingerprint density at radius 2 is 2.15 bits per heavy atom. The lowest BCUT2D eigenvalue weighted by Gasteiger charge is -2.14. The fourth-order valence-electron chi connectivity index (χ4n) is 3.24. The Balaban J connectivity index is 1.45. The molecule has 1 aliphatic rings. The SMILES string of the molecule is Cc1cc(C[C@@H]2CN(C(=O)c3csc(-c4ccccc4)n3)C[C@@H]2O)on1. The van der Waals surface area contributed by atoms with Crippen molar-refractivity contribution in [3.05, 3.63) is 58.9 Å². The van der Waals surface area contributed by atoms with Crippen LogP contribution in [0.15, 0.2) is 46.3 Å². The first-order valence-electron chi connectivity index (χ1n) is 8.50. The van der Waals surface area contributed by atoms with Crippen LogP contribution in [0.2, 0.25) is 0 Å². The van der Waals surface area contributed by atoms with Crippen molar-refractivity contribution in [2.75, 3.05) is 13.1 Å². The number of aromatic nitrogens is 2. The first-order chi connectivity index (χ1) is 12.6. The van der Waals surface area contributed by atoms with Gasteiger partial charge in [-0.15, -0.1) is 11.3 Å². The van der Waals surface area contributed by atoms with Gasteiger partial charge in [-0.05, 0) is 6.92 Å². The third kappa shape index (κ3) is 3.40. The van der Waals surface area contributed by atoms with Crippen molar-refractivity contribution in [2.24, 2.45) is 5.92 Å². The molecule has 1 aliphatic heterocycles. The van der Waals surface area contributed by atoms with E-state index < -0.39 is 6.10 Å². The highest BCUT2D eigenvalue weighted by molar-refractivity contribution is 7.13. The maximum atomic E-state index is 12.8. The molecule has 1 fully saturated rings. The van der Waals surface area contributed by atoms with Crippen LogP contribution in [0, 0.1) is 12.8 Å². The summed E-state index contributed by atoms with van der Waals surface area (Å²) in [5.41, 5.74) is 2.24. The van der Waals surface area contributed by atoms with Gasteiger partial charge in [0.2, 0.25) is 0 Å². The highest BCUT2D eigenvalue weighted by Gasteiger charge is 2.35. The molecule has 26 heavy (non-hydrogen) atoms. The number of carbonyl (C=O) groups is 1. The van der Waals surface area contributed by atoms with Crippen molar-refractivity contribution in [2.45, 2.75) is 19.4 Å². The number of carbonyl (C=O) groups excluding carboxylic acids is 1. The molecule has 0 unspecified atom stereocenters. The van der Waals surface area contributed by atoms with Crippen LogP contribution >= 0.6 is 11.3 Å². The Bertz CT molecular complexity index is 906. The Morgan fingerprint density at radius 1 is 1.35 bits per heavy atom. The predicted octanol–water partition coefficient (Wildman–Crippen LogP) is 2.78. The molecule has 1 N–H and O–H groups in total. The number of β-amino-alcohol motifs (C(OH)–C–C–N with tert-alkyl or cyclic N) is 1. The fraction of sp³-hybridized carbons (Fsp3) is 0.316. The predicted molar refractivity (Wildman–Crippen MR) is 97.9 cm³/mol. The number of aryl methyl sites for hydroxylation is 1. The van der Waals surface area contributed by atoms with E-state index in [1.165, 1.54) is 11.3 Å². The Hall–Kier alpha value is -2.51. The van der Waals surface area contributed by atoms with Gasteiger partial charge in [-0.2, -0.15) is 0 Å². The zero-order valence-electron chi connectivity index (χ0n) is 14.3. The number of nitrogens with zero attached hydrogens (tertiary/aromatic N) is 3. The number of aliphatic hydroxyl groups excluding tert-OH is 1. The molecular weight excluding hydrogens is 350 g/mol. The third-order valence-electron chi connectivity index (χ3n) is 4.58. The Morgan fingerprint density at radius 3 is 2.88 bits per heavy atom. The summed E-state index contributed by atoms with van der Waals surface area (Å²) in [6, 6.07) is 11.7. The van der Waals surface area contributed by atoms with Gasteiger partial charge in [0, 0.05) is 42.4 Å². The first-order valence-corrected chi connectivity index (χ1v) is 9.38. The van der Waals surface area contributed by atoms with Gasteiger partial charge in [-0.1, -0.05) is 35.5 Å². The van der Waals surface area contributed by atoms with Crippen LogP contribution in [0.4, 0.5) is 0 Å². The zero-order valence-corrected chi connectivity index (χ0v) is 15.1. The standard InChI is InChI=1S/C19H19N3O3S/c1-12-7-15(25-21-12)8-14-9-22(10-17(14)23)19(24)16-11-26-18(20-16)13-5-3-2-4-6-13/h2-7,11,14,17,23H,8-10H2,1H3/t14-,17+/m1/s1. The molecule has 0 spiro atoms. The summed E-state index contributed by atoms with van der Waals surface area (Å²) in [7, 11) is 0. The van der Waals surface area contributed by atoms with E-state index in [9.17, 15) is 9.90 Å². The highest BCUT2D eigenvalue weighted by Crippen LogP contribution is 2.27. The van der Waals surface area contributed by atoms with E-state index in [1.807, 2.05) is 43.3 Å². The van der Waals surface area contributed by atoms with Gasteiger partial charge in [-0.3, -0.25) is 4.79 Å². The zero-order chi connectivity index (χ0) is 18.1. The first kappa shape index (κ1) is 16.9. The lowest BCUT2D eigenvalue weighted by molar-refractivity contribution is 0.0760. The summed E-state index contributed by atoms with van der Waals surface area (Å²) in [6.45, 7) is 2.66. The van der Waals surface area contributed by atoms with Crippen LogP contribution in [0.25, 0.3) is 10.6 Å². The topological polar surface area (TPSA) is 79.5 Å². The smallest absolute Gasteiger partial charge is 0.273 e. The van der Waals surface area contributed by atoms with Crippen molar-refractivity contribution in [3.8, 4) is 10.6 Å². The lowest BCUT2D eigenvalue weighted by Crippen LogP contribution is -2.29.